The predicted molar refractivity (Wildman–Crippen MR) is 61.8 cm³/mol. The lowest BCUT2D eigenvalue weighted by Crippen LogP contribution is -2.32. The number of nitrogens with two attached hydrogens (primary N) is 1. The Labute approximate surface area is 96.2 Å². The number of amides is 1. The molecule has 0 aromatic heterocycles. The molecule has 1 aliphatic carbocycles. The number of carbonyl (C=O) groups is 1. The molecule has 90 valence electrons. The second-order valence-electron chi connectivity index (χ2n) is 4.70. The predicted octanol–water partition coefficient (Wildman–Crippen LogP) is 0.433. The van der Waals surface area contributed by atoms with Crippen molar-refractivity contribution >= 4 is 5.91 Å². The molecule has 0 saturated carbocycles. The molecule has 3 atom stereocenters. The molecule has 0 bridgehead atoms. The van der Waals surface area contributed by atoms with Crippen molar-refractivity contribution in [2.45, 2.75) is 25.3 Å². The van der Waals surface area contributed by atoms with Crippen LogP contribution in [0.25, 0.3) is 0 Å². The van der Waals surface area contributed by atoms with Crippen LogP contribution in [-0.2, 0) is 9.53 Å². The SMILES string of the molecule is NC1C=CC(C(=O)NCCC2CCOC2)C1. The van der Waals surface area contributed by atoms with Gasteiger partial charge in [-0.15, -0.1) is 0 Å². The molecular weight excluding hydrogens is 204 g/mol. The number of hydrogen-bond donors (Lipinski definition) is 2. The molecule has 0 radical (unpaired) electrons. The average molecular weight is 224 g/mol. The van der Waals surface area contributed by atoms with Crippen LogP contribution >= 0.6 is 0 Å². The highest BCUT2D eigenvalue weighted by Crippen LogP contribution is 2.17. The van der Waals surface area contributed by atoms with Crippen LogP contribution in [0, 0.1) is 11.8 Å². The quantitative estimate of drug-likeness (QED) is 0.681. The number of nitrogens with one attached hydrogen (secondary N) is 1. The van der Waals surface area contributed by atoms with Crippen LogP contribution < -0.4 is 11.1 Å². The fraction of sp³-hybridized carbons (Fsp3) is 0.750. The van der Waals surface area contributed by atoms with Gasteiger partial charge in [-0.1, -0.05) is 12.2 Å². The van der Waals surface area contributed by atoms with Gasteiger partial charge in [0.1, 0.15) is 0 Å². The lowest BCUT2D eigenvalue weighted by atomic mass is 10.0. The molecule has 1 aliphatic heterocycles. The maximum absolute atomic E-state index is 11.7. The van der Waals surface area contributed by atoms with Gasteiger partial charge >= 0.3 is 0 Å². The van der Waals surface area contributed by atoms with Gasteiger partial charge < -0.3 is 15.8 Å². The van der Waals surface area contributed by atoms with Gasteiger partial charge in [0.15, 0.2) is 0 Å². The minimum atomic E-state index is -0.0187. The van der Waals surface area contributed by atoms with Crippen molar-refractivity contribution < 1.29 is 9.53 Å². The molecule has 0 aromatic carbocycles. The summed E-state index contributed by atoms with van der Waals surface area (Å²) < 4.78 is 5.29. The van der Waals surface area contributed by atoms with Crippen LogP contribution in [-0.4, -0.2) is 31.7 Å². The van der Waals surface area contributed by atoms with E-state index in [4.69, 9.17) is 10.5 Å². The molecular formula is C12H20N2O2. The Balaban J connectivity index is 1.62. The highest BCUT2D eigenvalue weighted by atomic mass is 16.5. The van der Waals surface area contributed by atoms with Gasteiger partial charge in [-0.2, -0.15) is 0 Å². The van der Waals surface area contributed by atoms with Crippen molar-refractivity contribution in [2.24, 2.45) is 17.6 Å². The molecule has 1 saturated heterocycles. The van der Waals surface area contributed by atoms with Crippen molar-refractivity contribution in [2.75, 3.05) is 19.8 Å². The van der Waals surface area contributed by atoms with Crippen LogP contribution in [0.3, 0.4) is 0 Å². The molecule has 1 heterocycles. The maximum Gasteiger partial charge on any atom is 0.226 e. The van der Waals surface area contributed by atoms with Gasteiger partial charge in [0.25, 0.3) is 0 Å². The van der Waals surface area contributed by atoms with Crippen LogP contribution in [0.2, 0.25) is 0 Å². The first-order chi connectivity index (χ1) is 7.75. The third-order valence-corrected chi connectivity index (χ3v) is 3.33. The summed E-state index contributed by atoms with van der Waals surface area (Å²) in [5.74, 6) is 0.722. The molecule has 1 amide bonds. The van der Waals surface area contributed by atoms with E-state index in [-0.39, 0.29) is 17.9 Å². The summed E-state index contributed by atoms with van der Waals surface area (Å²) in [6.45, 7) is 2.48. The number of ether oxygens (including phenoxy) is 1. The van der Waals surface area contributed by atoms with E-state index < -0.39 is 0 Å². The van der Waals surface area contributed by atoms with Crippen LogP contribution in [0.5, 0.6) is 0 Å². The third-order valence-electron chi connectivity index (χ3n) is 3.33. The molecule has 1 fully saturated rings. The summed E-state index contributed by atoms with van der Waals surface area (Å²) >= 11 is 0. The van der Waals surface area contributed by atoms with Gasteiger partial charge in [0.2, 0.25) is 5.91 Å². The number of carbonyl (C=O) groups excluding carboxylic acids is 1. The van der Waals surface area contributed by atoms with Gasteiger partial charge in [-0.25, -0.2) is 0 Å². The van der Waals surface area contributed by atoms with E-state index in [2.05, 4.69) is 5.32 Å². The van der Waals surface area contributed by atoms with Crippen molar-refractivity contribution in [3.63, 3.8) is 0 Å². The van der Waals surface area contributed by atoms with Crippen molar-refractivity contribution in [3.8, 4) is 0 Å². The minimum absolute atomic E-state index is 0.0187. The first kappa shape index (κ1) is 11.6. The van der Waals surface area contributed by atoms with Gasteiger partial charge in [0.05, 0.1) is 5.92 Å². The normalized spacial score (nSPS) is 33.2. The Hall–Kier alpha value is -0.870. The summed E-state index contributed by atoms with van der Waals surface area (Å²) in [5.41, 5.74) is 5.71. The Morgan fingerprint density at radius 1 is 1.50 bits per heavy atom. The highest BCUT2D eigenvalue weighted by molar-refractivity contribution is 5.81. The first-order valence-electron chi connectivity index (χ1n) is 6.05. The molecule has 2 rings (SSSR count). The molecule has 2 aliphatic rings. The zero-order valence-electron chi connectivity index (χ0n) is 9.52. The zero-order valence-corrected chi connectivity index (χ0v) is 9.52. The Bertz CT molecular complexity index is 272. The van der Waals surface area contributed by atoms with E-state index in [9.17, 15) is 4.79 Å². The molecule has 4 heteroatoms. The second kappa shape index (κ2) is 5.46. The zero-order chi connectivity index (χ0) is 11.4. The minimum Gasteiger partial charge on any atom is -0.381 e. The smallest absolute Gasteiger partial charge is 0.226 e. The van der Waals surface area contributed by atoms with Crippen LogP contribution in [0.15, 0.2) is 12.2 Å². The highest BCUT2D eigenvalue weighted by Gasteiger charge is 2.22. The van der Waals surface area contributed by atoms with Crippen molar-refractivity contribution in [3.05, 3.63) is 12.2 Å². The summed E-state index contributed by atoms with van der Waals surface area (Å²) in [4.78, 5) is 11.7. The number of rotatable bonds is 4. The monoisotopic (exact) mass is 224 g/mol. The summed E-state index contributed by atoms with van der Waals surface area (Å²) in [7, 11) is 0. The van der Waals surface area contributed by atoms with E-state index in [0.29, 0.717) is 5.92 Å². The summed E-state index contributed by atoms with van der Waals surface area (Å²) in [6, 6.07) is 0.0546. The topological polar surface area (TPSA) is 64.4 Å². The van der Waals surface area contributed by atoms with Gasteiger partial charge in [0, 0.05) is 25.8 Å². The summed E-state index contributed by atoms with van der Waals surface area (Å²) in [5, 5.41) is 2.97. The lowest BCUT2D eigenvalue weighted by molar-refractivity contribution is -0.123. The Morgan fingerprint density at radius 2 is 2.38 bits per heavy atom. The fourth-order valence-corrected chi connectivity index (χ4v) is 2.26. The van der Waals surface area contributed by atoms with Crippen LogP contribution in [0.4, 0.5) is 0 Å². The lowest BCUT2D eigenvalue weighted by Gasteiger charge is -2.12. The number of hydrogen-bond acceptors (Lipinski definition) is 3. The molecule has 0 aromatic rings. The average Bonchev–Trinajstić information content (AvgIpc) is 2.89. The van der Waals surface area contributed by atoms with Gasteiger partial charge in [-0.05, 0) is 25.2 Å². The van der Waals surface area contributed by atoms with E-state index in [1.54, 1.807) is 0 Å². The van der Waals surface area contributed by atoms with E-state index in [1.807, 2.05) is 12.2 Å². The van der Waals surface area contributed by atoms with Gasteiger partial charge in [-0.3, -0.25) is 4.79 Å². The third kappa shape index (κ3) is 3.06. The molecule has 4 nitrogen and oxygen atoms in total. The Morgan fingerprint density at radius 3 is 3.00 bits per heavy atom. The molecule has 3 N–H and O–H groups in total. The van der Waals surface area contributed by atoms with Crippen molar-refractivity contribution in [1.82, 2.24) is 5.32 Å². The van der Waals surface area contributed by atoms with Crippen LogP contribution in [0.1, 0.15) is 19.3 Å². The Kier molecular flexibility index (Phi) is 3.96. The first-order valence-corrected chi connectivity index (χ1v) is 6.05. The van der Waals surface area contributed by atoms with Crippen molar-refractivity contribution in [1.29, 1.82) is 0 Å². The van der Waals surface area contributed by atoms with E-state index in [1.165, 1.54) is 0 Å². The molecule has 16 heavy (non-hydrogen) atoms. The maximum atomic E-state index is 11.7. The molecule has 3 unspecified atom stereocenters. The fourth-order valence-electron chi connectivity index (χ4n) is 2.26. The molecule has 0 spiro atoms. The van der Waals surface area contributed by atoms with E-state index in [0.717, 1.165) is 39.0 Å². The standard InChI is InChI=1S/C12H20N2O2/c13-11-2-1-10(7-11)12(15)14-5-3-9-4-6-16-8-9/h1-2,9-11H,3-8,13H2,(H,14,15). The summed E-state index contributed by atoms with van der Waals surface area (Å²) in [6.07, 6.45) is 6.73. The second-order valence-corrected chi connectivity index (χ2v) is 4.70. The largest absolute Gasteiger partial charge is 0.381 e. The van der Waals surface area contributed by atoms with E-state index >= 15 is 0 Å².